The first-order valence-corrected chi connectivity index (χ1v) is 7.24. The maximum atomic E-state index is 12.2. The molecule has 1 saturated heterocycles. The van der Waals surface area contributed by atoms with Gasteiger partial charge >= 0.3 is 12.1 Å². The van der Waals surface area contributed by atoms with Gasteiger partial charge in [-0.15, -0.1) is 0 Å². The summed E-state index contributed by atoms with van der Waals surface area (Å²) in [5.74, 6) is -1.21. The van der Waals surface area contributed by atoms with Gasteiger partial charge in [-0.25, -0.2) is 4.79 Å². The number of amides is 1. The minimum absolute atomic E-state index is 0.163. The van der Waals surface area contributed by atoms with Gasteiger partial charge in [-0.1, -0.05) is 0 Å². The highest BCUT2D eigenvalue weighted by Gasteiger charge is 2.42. The molecule has 2 atom stereocenters. The molecular formula is C15H27NO5. The van der Waals surface area contributed by atoms with Crippen molar-refractivity contribution in [1.29, 1.82) is 0 Å². The number of ether oxygens (including phenoxy) is 2. The molecule has 1 rings (SSSR count). The fourth-order valence-corrected chi connectivity index (χ4v) is 2.18. The van der Waals surface area contributed by atoms with Crippen LogP contribution in [0.3, 0.4) is 0 Å². The zero-order valence-electron chi connectivity index (χ0n) is 13.8. The van der Waals surface area contributed by atoms with Gasteiger partial charge in [-0.2, -0.15) is 0 Å². The average Bonchev–Trinajstić information content (AvgIpc) is 2.68. The van der Waals surface area contributed by atoms with Crippen molar-refractivity contribution >= 4 is 12.1 Å². The van der Waals surface area contributed by atoms with Gasteiger partial charge in [-0.3, -0.25) is 4.79 Å². The van der Waals surface area contributed by atoms with Crippen LogP contribution >= 0.6 is 0 Å². The van der Waals surface area contributed by atoms with E-state index in [4.69, 9.17) is 9.47 Å². The molecule has 0 aromatic heterocycles. The summed E-state index contributed by atoms with van der Waals surface area (Å²) >= 11 is 0. The highest BCUT2D eigenvalue weighted by atomic mass is 16.6. The molecule has 0 aromatic rings. The second-order valence-corrected chi connectivity index (χ2v) is 7.47. The number of aliphatic hydroxyl groups excluding tert-OH is 1. The van der Waals surface area contributed by atoms with Crippen LogP contribution < -0.4 is 0 Å². The quantitative estimate of drug-likeness (QED) is 0.787. The van der Waals surface area contributed by atoms with Crippen molar-refractivity contribution in [2.24, 2.45) is 11.8 Å². The third-order valence-corrected chi connectivity index (χ3v) is 3.04. The fourth-order valence-electron chi connectivity index (χ4n) is 2.18. The van der Waals surface area contributed by atoms with Gasteiger partial charge in [0.2, 0.25) is 0 Å². The van der Waals surface area contributed by atoms with Crippen molar-refractivity contribution in [2.75, 3.05) is 19.7 Å². The Hall–Kier alpha value is -1.30. The third kappa shape index (κ3) is 5.53. The number of rotatable bonds is 2. The van der Waals surface area contributed by atoms with Crippen molar-refractivity contribution in [3.05, 3.63) is 0 Å². The normalized spacial score (nSPS) is 23.1. The van der Waals surface area contributed by atoms with Crippen LogP contribution in [0.2, 0.25) is 0 Å². The number of aliphatic hydroxyl groups is 1. The Morgan fingerprint density at radius 1 is 1.05 bits per heavy atom. The Morgan fingerprint density at radius 2 is 1.57 bits per heavy atom. The van der Waals surface area contributed by atoms with E-state index in [9.17, 15) is 14.7 Å². The van der Waals surface area contributed by atoms with Gasteiger partial charge < -0.3 is 19.5 Å². The molecule has 0 bridgehead atoms. The summed E-state index contributed by atoms with van der Waals surface area (Å²) in [6.07, 6.45) is -0.466. The zero-order valence-corrected chi connectivity index (χ0v) is 13.8. The van der Waals surface area contributed by atoms with Crippen LogP contribution in [0.15, 0.2) is 0 Å². The predicted molar refractivity (Wildman–Crippen MR) is 77.7 cm³/mol. The number of likely N-dealkylation sites (tertiary alicyclic amines) is 1. The standard InChI is InChI=1S/C15H27NO5/c1-14(2,3)20-12(18)11-8-16(7-10(11)9-17)13(19)21-15(4,5)6/h10-11,17H,7-9H2,1-6H3/t10-,11+/m1/s1. The first-order chi connectivity index (χ1) is 9.43. The van der Waals surface area contributed by atoms with Gasteiger partial charge in [0.25, 0.3) is 0 Å². The summed E-state index contributed by atoms with van der Waals surface area (Å²) in [4.78, 5) is 25.7. The Bertz CT molecular complexity index is 394. The van der Waals surface area contributed by atoms with E-state index in [0.29, 0.717) is 6.54 Å². The highest BCUT2D eigenvalue weighted by Crippen LogP contribution is 2.27. The lowest BCUT2D eigenvalue weighted by Crippen LogP contribution is -2.36. The van der Waals surface area contributed by atoms with E-state index < -0.39 is 23.2 Å². The molecule has 21 heavy (non-hydrogen) atoms. The Labute approximate surface area is 126 Å². The van der Waals surface area contributed by atoms with Gasteiger partial charge in [0, 0.05) is 25.6 Å². The summed E-state index contributed by atoms with van der Waals surface area (Å²) in [6, 6.07) is 0. The molecule has 1 fully saturated rings. The number of hydrogen-bond acceptors (Lipinski definition) is 5. The fraction of sp³-hybridized carbons (Fsp3) is 0.867. The van der Waals surface area contributed by atoms with Crippen LogP contribution in [0, 0.1) is 11.8 Å². The molecule has 1 amide bonds. The molecule has 0 radical (unpaired) electrons. The molecule has 6 heteroatoms. The lowest BCUT2D eigenvalue weighted by atomic mass is 9.97. The minimum Gasteiger partial charge on any atom is -0.460 e. The second-order valence-electron chi connectivity index (χ2n) is 7.47. The van der Waals surface area contributed by atoms with Crippen molar-refractivity contribution in [1.82, 2.24) is 4.90 Å². The van der Waals surface area contributed by atoms with E-state index in [2.05, 4.69) is 0 Å². The molecule has 6 nitrogen and oxygen atoms in total. The second kappa shape index (κ2) is 6.22. The summed E-state index contributed by atoms with van der Waals surface area (Å²) in [5.41, 5.74) is -1.17. The largest absolute Gasteiger partial charge is 0.460 e. The predicted octanol–water partition coefficient (Wildman–Crippen LogP) is 1.80. The van der Waals surface area contributed by atoms with Crippen LogP contribution in [-0.4, -0.2) is 53.0 Å². The van der Waals surface area contributed by atoms with Gasteiger partial charge in [0.1, 0.15) is 11.2 Å². The minimum atomic E-state index is -0.588. The van der Waals surface area contributed by atoms with Crippen LogP contribution in [0.4, 0.5) is 4.79 Å². The van der Waals surface area contributed by atoms with Crippen LogP contribution in [0.1, 0.15) is 41.5 Å². The monoisotopic (exact) mass is 301 g/mol. The smallest absolute Gasteiger partial charge is 0.410 e. The van der Waals surface area contributed by atoms with Crippen molar-refractivity contribution < 1.29 is 24.2 Å². The van der Waals surface area contributed by atoms with E-state index in [-0.39, 0.29) is 25.0 Å². The molecule has 122 valence electrons. The van der Waals surface area contributed by atoms with E-state index in [1.54, 1.807) is 41.5 Å². The summed E-state index contributed by atoms with van der Waals surface area (Å²) in [6.45, 7) is 11.1. The number of nitrogens with zero attached hydrogens (tertiary/aromatic N) is 1. The molecule has 1 N–H and O–H groups in total. The summed E-state index contributed by atoms with van der Waals surface area (Å²) < 4.78 is 10.7. The average molecular weight is 301 g/mol. The Morgan fingerprint density at radius 3 is 2.00 bits per heavy atom. The van der Waals surface area contributed by atoms with Gasteiger partial charge in [0.05, 0.1) is 5.92 Å². The first kappa shape index (κ1) is 17.8. The number of hydrogen-bond donors (Lipinski definition) is 1. The molecule has 0 spiro atoms. The number of carbonyl (C=O) groups excluding carboxylic acids is 2. The lowest BCUT2D eigenvalue weighted by molar-refractivity contribution is -0.161. The van der Waals surface area contributed by atoms with Gasteiger partial charge in [-0.05, 0) is 41.5 Å². The van der Waals surface area contributed by atoms with Crippen molar-refractivity contribution in [3.8, 4) is 0 Å². The highest BCUT2D eigenvalue weighted by molar-refractivity contribution is 5.76. The van der Waals surface area contributed by atoms with Gasteiger partial charge in [0.15, 0.2) is 0 Å². The topological polar surface area (TPSA) is 76.1 Å². The van der Waals surface area contributed by atoms with E-state index in [1.165, 1.54) is 4.90 Å². The van der Waals surface area contributed by atoms with Crippen LogP contribution in [-0.2, 0) is 14.3 Å². The molecule has 1 heterocycles. The summed E-state index contributed by atoms with van der Waals surface area (Å²) in [5, 5.41) is 9.43. The number of carbonyl (C=O) groups is 2. The van der Waals surface area contributed by atoms with Crippen molar-refractivity contribution in [3.63, 3.8) is 0 Å². The van der Waals surface area contributed by atoms with E-state index in [1.807, 2.05) is 0 Å². The third-order valence-electron chi connectivity index (χ3n) is 3.04. The van der Waals surface area contributed by atoms with E-state index in [0.717, 1.165) is 0 Å². The molecule has 0 aromatic carbocycles. The molecule has 0 unspecified atom stereocenters. The Kier molecular flexibility index (Phi) is 5.25. The van der Waals surface area contributed by atoms with E-state index >= 15 is 0 Å². The number of esters is 1. The SMILES string of the molecule is CC(C)(C)OC(=O)[C@H]1CN(C(=O)OC(C)(C)C)C[C@@H]1CO. The molecule has 1 aliphatic rings. The lowest BCUT2D eigenvalue weighted by Gasteiger charge is -2.25. The molecular weight excluding hydrogens is 274 g/mol. The molecule has 0 saturated carbocycles. The molecule has 1 aliphatic heterocycles. The maximum Gasteiger partial charge on any atom is 0.410 e. The molecule has 0 aliphatic carbocycles. The van der Waals surface area contributed by atoms with Crippen molar-refractivity contribution in [2.45, 2.75) is 52.7 Å². The summed E-state index contributed by atoms with van der Waals surface area (Å²) in [7, 11) is 0. The Balaban J connectivity index is 2.72. The maximum absolute atomic E-state index is 12.2. The van der Waals surface area contributed by atoms with Crippen LogP contribution in [0.5, 0.6) is 0 Å². The van der Waals surface area contributed by atoms with Crippen LogP contribution in [0.25, 0.3) is 0 Å². The first-order valence-electron chi connectivity index (χ1n) is 7.24. The zero-order chi connectivity index (χ0) is 16.4.